The highest BCUT2D eigenvalue weighted by Crippen LogP contribution is 2.65. The topological polar surface area (TPSA) is 58.9 Å². The second-order valence-electron chi connectivity index (χ2n) is 7.84. The molecule has 0 aromatic rings. The highest BCUT2D eigenvalue weighted by Gasteiger charge is 2.64. The van der Waals surface area contributed by atoms with Gasteiger partial charge in [0.25, 0.3) is 0 Å². The third-order valence-corrected chi connectivity index (χ3v) is 6.77. The van der Waals surface area contributed by atoms with E-state index in [1.165, 1.54) is 6.92 Å². The Labute approximate surface area is 167 Å². The fraction of sp³-hybridized carbons (Fsp3) is 0.727. The molecule has 1 N–H and O–H groups in total. The minimum absolute atomic E-state index is 0.0860. The Bertz CT molecular complexity index is 1050. The Hall–Kier alpha value is -1.76. The van der Waals surface area contributed by atoms with Crippen LogP contribution in [-0.4, -0.2) is 22.5 Å². The van der Waals surface area contributed by atoms with Crippen LogP contribution in [0, 0.1) is 41.4 Å². The number of oxime groups is 1. The van der Waals surface area contributed by atoms with Crippen LogP contribution in [0.15, 0.2) is 16.8 Å². The van der Waals surface area contributed by atoms with Crippen LogP contribution in [0.3, 0.4) is 0 Å². The summed E-state index contributed by atoms with van der Waals surface area (Å²) in [5.74, 6) is -1.67. The summed E-state index contributed by atoms with van der Waals surface area (Å²) >= 11 is 0. The van der Waals surface area contributed by atoms with E-state index in [9.17, 15) is 11.4 Å². The summed E-state index contributed by atoms with van der Waals surface area (Å²) in [5.41, 5.74) is -3.62. The molecule has 0 radical (unpaired) electrons. The van der Waals surface area contributed by atoms with Crippen molar-refractivity contribution in [3.8, 4) is 12.3 Å². The SMILES string of the molecule is [2H]C1=C2C([2H])([2H])CC3C(CC[C@@]4(C)C3CC([2H])([2H])[C@]4(C#C)OC(C)=O)[C@@]2([2H])CC([2H])([2H])C1=NO. The number of carbonyl (C=O) groups excluding carboxylic acids is 1. The maximum absolute atomic E-state index is 12.0. The number of hydrogen-bond donors (Lipinski definition) is 1. The van der Waals surface area contributed by atoms with Crippen LogP contribution in [0.2, 0.25) is 0 Å². The highest BCUT2D eigenvalue weighted by molar-refractivity contribution is 5.96. The first-order valence-electron chi connectivity index (χ1n) is 13.1. The molecular formula is C22H29NO3. The van der Waals surface area contributed by atoms with Crippen molar-refractivity contribution in [2.45, 2.75) is 70.7 Å². The fourth-order valence-corrected chi connectivity index (χ4v) is 5.47. The molecule has 3 fully saturated rings. The van der Waals surface area contributed by atoms with Gasteiger partial charge >= 0.3 is 5.97 Å². The summed E-state index contributed by atoms with van der Waals surface area (Å²) in [5, 5.41) is 12.3. The van der Waals surface area contributed by atoms with Crippen molar-refractivity contribution < 1.29 is 25.7 Å². The predicted molar refractivity (Wildman–Crippen MR) is 99.6 cm³/mol. The molecule has 0 aliphatic heterocycles. The summed E-state index contributed by atoms with van der Waals surface area (Å²) in [6.45, 7) is 2.94. The zero-order valence-corrected chi connectivity index (χ0v) is 15.1. The molecule has 0 spiro atoms. The first-order chi connectivity index (χ1) is 15.4. The first-order valence-corrected chi connectivity index (χ1v) is 9.06. The van der Waals surface area contributed by atoms with Crippen LogP contribution in [0.5, 0.6) is 0 Å². The Morgan fingerprint density at radius 3 is 2.96 bits per heavy atom. The van der Waals surface area contributed by atoms with E-state index in [2.05, 4.69) is 11.1 Å². The molecule has 4 aliphatic rings. The molecule has 0 bridgehead atoms. The molecule has 3 saturated carbocycles. The van der Waals surface area contributed by atoms with E-state index < -0.39 is 77.9 Å². The molecule has 6 atom stereocenters. The third kappa shape index (κ3) is 2.36. The molecule has 4 nitrogen and oxygen atoms in total. The van der Waals surface area contributed by atoms with E-state index >= 15 is 0 Å². The number of nitrogens with zero attached hydrogens (tertiary/aromatic N) is 1. The number of fused-ring (bicyclic) bond motifs is 5. The van der Waals surface area contributed by atoms with Crippen LogP contribution in [0.25, 0.3) is 0 Å². The summed E-state index contributed by atoms with van der Waals surface area (Å²) < 4.78 is 75.1. The highest BCUT2D eigenvalue weighted by atomic mass is 16.6. The van der Waals surface area contributed by atoms with Gasteiger partial charge in [0.05, 0.1) is 7.08 Å². The van der Waals surface area contributed by atoms with E-state index in [1.54, 1.807) is 6.92 Å². The molecule has 0 amide bonds. The average Bonchev–Trinajstić information content (AvgIpc) is 2.83. The van der Waals surface area contributed by atoms with Crippen molar-refractivity contribution in [1.29, 1.82) is 0 Å². The van der Waals surface area contributed by atoms with E-state index in [0.29, 0.717) is 12.8 Å². The molecule has 3 unspecified atom stereocenters. The number of allylic oxidation sites excluding steroid dienone is 2. The first kappa shape index (κ1) is 10.5. The van der Waals surface area contributed by atoms with Gasteiger partial charge in [0.15, 0.2) is 5.60 Å². The Morgan fingerprint density at radius 2 is 2.27 bits per heavy atom. The molecule has 0 aromatic heterocycles. The molecule has 0 saturated heterocycles. The van der Waals surface area contributed by atoms with Gasteiger partial charge in [-0.25, -0.2) is 0 Å². The van der Waals surface area contributed by atoms with Crippen LogP contribution in [-0.2, 0) is 9.53 Å². The number of terminal acetylenes is 1. The predicted octanol–water partition coefficient (Wildman–Crippen LogP) is 4.32. The van der Waals surface area contributed by atoms with Gasteiger partial charge in [0.2, 0.25) is 0 Å². The summed E-state index contributed by atoms with van der Waals surface area (Å²) in [6.07, 6.45) is -0.823. The molecule has 26 heavy (non-hydrogen) atoms. The lowest BCUT2D eigenvalue weighted by molar-refractivity contribution is -0.167. The van der Waals surface area contributed by atoms with E-state index in [1.807, 2.05) is 0 Å². The standard InChI is InChI=1S/C22H29NO3/c1-4-22(26-14(2)24)12-10-20-19-7-5-15-13-16(23-25)6-8-17(15)18(19)9-11-21(20,22)3/h1,13,17-20,25H,5-12H2,2-3H3/t17-,18?,19?,20?,21-,22-/m0/s1/i5D2,6D2,12D2,13D,17D. The molecule has 4 rings (SSSR count). The molecule has 4 heteroatoms. The number of rotatable bonds is 1. The summed E-state index contributed by atoms with van der Waals surface area (Å²) in [7, 11) is 0. The van der Waals surface area contributed by atoms with Crippen molar-refractivity contribution >= 4 is 11.7 Å². The lowest BCUT2D eigenvalue weighted by Gasteiger charge is -2.55. The average molecular weight is 364 g/mol. The van der Waals surface area contributed by atoms with E-state index in [-0.39, 0.29) is 18.4 Å². The van der Waals surface area contributed by atoms with Crippen molar-refractivity contribution in [2.75, 3.05) is 0 Å². The van der Waals surface area contributed by atoms with Gasteiger partial charge in [-0.15, -0.1) is 6.42 Å². The van der Waals surface area contributed by atoms with Gasteiger partial charge in [0.1, 0.15) is 0 Å². The molecule has 0 heterocycles. The number of esters is 1. The monoisotopic (exact) mass is 363 g/mol. The summed E-state index contributed by atoms with van der Waals surface area (Å²) in [4.78, 5) is 12.0. The molecule has 0 aromatic carbocycles. The fourth-order valence-electron chi connectivity index (χ4n) is 5.47. The van der Waals surface area contributed by atoms with Crippen LogP contribution in [0.1, 0.15) is 76.0 Å². The quantitative estimate of drug-likeness (QED) is 0.327. The zero-order valence-electron chi connectivity index (χ0n) is 23.1. The minimum Gasteiger partial charge on any atom is -0.445 e. The largest absolute Gasteiger partial charge is 0.445 e. The van der Waals surface area contributed by atoms with Gasteiger partial charge in [0, 0.05) is 21.9 Å². The lowest BCUT2D eigenvalue weighted by atomic mass is 9.50. The van der Waals surface area contributed by atoms with Gasteiger partial charge in [-0.05, 0) is 80.9 Å². The lowest BCUT2D eigenvalue weighted by Crippen LogP contribution is -2.53. The maximum atomic E-state index is 12.0. The molecular weight excluding hydrogens is 326 g/mol. The van der Waals surface area contributed by atoms with Crippen molar-refractivity contribution in [3.63, 3.8) is 0 Å². The molecule has 4 aliphatic carbocycles. The van der Waals surface area contributed by atoms with E-state index in [4.69, 9.17) is 20.8 Å². The summed E-state index contributed by atoms with van der Waals surface area (Å²) in [6, 6.07) is -0.579. The maximum Gasteiger partial charge on any atom is 0.304 e. The minimum atomic E-state index is -2.31. The van der Waals surface area contributed by atoms with Crippen LogP contribution >= 0.6 is 0 Å². The van der Waals surface area contributed by atoms with Crippen molar-refractivity contribution in [2.24, 2.45) is 34.2 Å². The van der Waals surface area contributed by atoms with Gasteiger partial charge in [-0.2, -0.15) is 0 Å². The van der Waals surface area contributed by atoms with Gasteiger partial charge in [-0.1, -0.05) is 23.6 Å². The Kier molecular flexibility index (Phi) is 2.49. The van der Waals surface area contributed by atoms with Crippen molar-refractivity contribution in [3.05, 3.63) is 11.6 Å². The second kappa shape index (κ2) is 6.15. The third-order valence-electron chi connectivity index (χ3n) is 6.77. The smallest absolute Gasteiger partial charge is 0.304 e. The Balaban J connectivity index is 1.89. The van der Waals surface area contributed by atoms with Crippen LogP contribution in [0.4, 0.5) is 0 Å². The van der Waals surface area contributed by atoms with Gasteiger partial charge < -0.3 is 9.94 Å². The second-order valence-corrected chi connectivity index (χ2v) is 7.84. The molecule has 140 valence electrons. The van der Waals surface area contributed by atoms with Crippen molar-refractivity contribution in [1.82, 2.24) is 0 Å². The number of hydrogen-bond acceptors (Lipinski definition) is 4. The zero-order chi connectivity index (χ0) is 25.7. The Morgan fingerprint density at radius 1 is 1.46 bits per heavy atom. The van der Waals surface area contributed by atoms with Gasteiger partial charge in [-0.3, -0.25) is 4.79 Å². The number of ether oxygens (including phenoxy) is 1. The normalized spacial score (nSPS) is 59.3. The van der Waals surface area contributed by atoms with E-state index in [0.717, 1.165) is 0 Å². The number of carbonyl (C=O) groups is 1. The van der Waals surface area contributed by atoms with Crippen LogP contribution < -0.4 is 0 Å².